The molecule has 1 aliphatic heterocycles. The first kappa shape index (κ1) is 14.6. The van der Waals surface area contributed by atoms with Crippen LogP contribution in [-0.2, 0) is 11.2 Å². The fourth-order valence-corrected chi connectivity index (χ4v) is 2.63. The fraction of sp³-hybridized carbons (Fsp3) is 0.500. The Bertz CT molecular complexity index is 499. The number of nitrogen functional groups attached to an aromatic ring is 1. The van der Waals surface area contributed by atoms with Crippen LogP contribution in [0.15, 0.2) is 18.2 Å². The van der Waals surface area contributed by atoms with Gasteiger partial charge in [-0.25, -0.2) is 9.18 Å². The molecule has 3 N–H and O–H groups in total. The van der Waals surface area contributed by atoms with Crippen molar-refractivity contribution in [2.24, 2.45) is 0 Å². The maximum Gasteiger partial charge on any atom is 0.409 e. The Morgan fingerprint density at radius 2 is 2.30 bits per heavy atom. The average molecular weight is 282 g/mol. The Hall–Kier alpha value is -1.82. The predicted molar refractivity (Wildman–Crippen MR) is 72.8 cm³/mol. The molecule has 5 nitrogen and oxygen atoms in total. The van der Waals surface area contributed by atoms with Crippen LogP contribution in [0.1, 0.15) is 25.8 Å². The third kappa shape index (κ3) is 2.70. The lowest BCUT2D eigenvalue weighted by atomic mass is 10.0. The molecule has 110 valence electrons. The minimum absolute atomic E-state index is 0.290. The molecular weight excluding hydrogens is 263 g/mol. The summed E-state index contributed by atoms with van der Waals surface area (Å²) in [6.45, 7) is 3.73. The Morgan fingerprint density at radius 3 is 2.90 bits per heavy atom. The molecule has 6 heteroatoms. The predicted octanol–water partition coefficient (Wildman–Crippen LogP) is 2.46. The molecule has 0 bridgehead atoms. The molecule has 1 heterocycles. The molecule has 0 aliphatic carbocycles. The summed E-state index contributed by atoms with van der Waals surface area (Å²) in [5.41, 5.74) is 5.73. The third-order valence-corrected chi connectivity index (χ3v) is 3.66. The zero-order valence-electron chi connectivity index (χ0n) is 11.6. The molecular formula is C14H19FN2O3. The van der Waals surface area contributed by atoms with E-state index in [1.165, 1.54) is 11.0 Å². The van der Waals surface area contributed by atoms with Crippen LogP contribution in [0.25, 0.3) is 0 Å². The summed E-state index contributed by atoms with van der Waals surface area (Å²) in [5.74, 6) is -0.356. The van der Waals surface area contributed by atoms with E-state index in [9.17, 15) is 14.3 Å². The molecule has 1 aromatic rings. The van der Waals surface area contributed by atoms with E-state index in [4.69, 9.17) is 10.5 Å². The lowest BCUT2D eigenvalue weighted by Gasteiger charge is -2.31. The van der Waals surface area contributed by atoms with Gasteiger partial charge >= 0.3 is 6.09 Å². The molecule has 1 atom stereocenters. The second-order valence-electron chi connectivity index (χ2n) is 5.41. The maximum absolute atomic E-state index is 13.7. The molecule has 2 rings (SSSR count). The van der Waals surface area contributed by atoms with Crippen molar-refractivity contribution in [2.45, 2.75) is 38.5 Å². The van der Waals surface area contributed by atoms with E-state index >= 15 is 0 Å². The van der Waals surface area contributed by atoms with E-state index in [0.29, 0.717) is 30.7 Å². The molecule has 20 heavy (non-hydrogen) atoms. The number of hydrogen-bond donors (Lipinski definition) is 2. The number of nitrogens with two attached hydrogens (primary N) is 1. The number of rotatable bonds is 3. The summed E-state index contributed by atoms with van der Waals surface area (Å²) in [4.78, 5) is 12.6. The van der Waals surface area contributed by atoms with E-state index in [0.717, 1.165) is 0 Å². The first-order valence-corrected chi connectivity index (χ1v) is 6.52. The summed E-state index contributed by atoms with van der Waals surface area (Å²) >= 11 is 0. The van der Waals surface area contributed by atoms with Crippen molar-refractivity contribution >= 4 is 11.8 Å². The second kappa shape index (κ2) is 5.28. The van der Waals surface area contributed by atoms with Crippen molar-refractivity contribution < 1.29 is 19.0 Å². The first-order chi connectivity index (χ1) is 9.33. The minimum Gasteiger partial charge on any atom is -0.465 e. The summed E-state index contributed by atoms with van der Waals surface area (Å²) in [6, 6.07) is 4.26. The maximum atomic E-state index is 13.7. The van der Waals surface area contributed by atoms with Crippen LogP contribution >= 0.6 is 0 Å². The number of anilines is 1. The summed E-state index contributed by atoms with van der Waals surface area (Å²) in [6.07, 6.45) is -0.174. The SMILES string of the molecule is CC1(C)OCC(CCc2c(N)cccc2F)N1C(=O)O. The van der Waals surface area contributed by atoms with E-state index in [-0.39, 0.29) is 11.9 Å². The van der Waals surface area contributed by atoms with Crippen molar-refractivity contribution in [1.82, 2.24) is 4.90 Å². The number of nitrogens with zero attached hydrogens (tertiary/aromatic N) is 1. The van der Waals surface area contributed by atoms with E-state index in [1.807, 2.05) is 0 Å². The average Bonchev–Trinajstić information content (AvgIpc) is 2.64. The number of benzene rings is 1. The number of halogens is 1. The highest BCUT2D eigenvalue weighted by Gasteiger charge is 2.43. The summed E-state index contributed by atoms with van der Waals surface area (Å²) in [5, 5.41) is 9.27. The van der Waals surface area contributed by atoms with Crippen LogP contribution in [0.5, 0.6) is 0 Å². The van der Waals surface area contributed by atoms with Crippen LogP contribution in [-0.4, -0.2) is 34.5 Å². The lowest BCUT2D eigenvalue weighted by Crippen LogP contribution is -2.47. The van der Waals surface area contributed by atoms with Crippen molar-refractivity contribution in [1.29, 1.82) is 0 Å². The molecule has 1 aromatic carbocycles. The van der Waals surface area contributed by atoms with Crippen LogP contribution in [0.4, 0.5) is 14.9 Å². The van der Waals surface area contributed by atoms with Crippen molar-refractivity contribution in [3.05, 3.63) is 29.6 Å². The quantitative estimate of drug-likeness (QED) is 0.835. The van der Waals surface area contributed by atoms with Gasteiger partial charge in [0.05, 0.1) is 12.6 Å². The number of hydrogen-bond acceptors (Lipinski definition) is 3. The van der Waals surface area contributed by atoms with E-state index in [2.05, 4.69) is 0 Å². The lowest BCUT2D eigenvalue weighted by molar-refractivity contribution is -0.0421. The van der Waals surface area contributed by atoms with Crippen LogP contribution in [0.2, 0.25) is 0 Å². The van der Waals surface area contributed by atoms with E-state index < -0.39 is 11.8 Å². The third-order valence-electron chi connectivity index (χ3n) is 3.66. The van der Waals surface area contributed by atoms with Gasteiger partial charge in [-0.1, -0.05) is 6.07 Å². The van der Waals surface area contributed by atoms with Crippen molar-refractivity contribution in [2.75, 3.05) is 12.3 Å². The van der Waals surface area contributed by atoms with Crippen molar-refractivity contribution in [3.8, 4) is 0 Å². The molecule has 1 unspecified atom stereocenters. The molecule has 1 saturated heterocycles. The highest BCUT2D eigenvalue weighted by molar-refractivity contribution is 5.66. The van der Waals surface area contributed by atoms with Gasteiger partial charge in [0.15, 0.2) is 0 Å². The van der Waals surface area contributed by atoms with Crippen LogP contribution < -0.4 is 5.73 Å². The monoisotopic (exact) mass is 282 g/mol. The Labute approximate surface area is 117 Å². The van der Waals surface area contributed by atoms with E-state index in [1.54, 1.807) is 26.0 Å². The van der Waals surface area contributed by atoms with Gasteiger partial charge in [-0.2, -0.15) is 0 Å². The smallest absolute Gasteiger partial charge is 0.409 e. The molecule has 1 aliphatic rings. The normalized spacial score (nSPS) is 21.1. The minimum atomic E-state index is -1.03. The number of carboxylic acid groups (broad SMARTS) is 1. The summed E-state index contributed by atoms with van der Waals surface area (Å²) in [7, 11) is 0. The topological polar surface area (TPSA) is 75.8 Å². The van der Waals surface area contributed by atoms with Gasteiger partial charge in [0.1, 0.15) is 11.5 Å². The van der Waals surface area contributed by atoms with Gasteiger partial charge in [0, 0.05) is 11.3 Å². The zero-order chi connectivity index (χ0) is 14.9. The first-order valence-electron chi connectivity index (χ1n) is 6.52. The Kier molecular flexibility index (Phi) is 3.85. The van der Waals surface area contributed by atoms with Gasteiger partial charge in [-0.05, 0) is 38.8 Å². The molecule has 0 aromatic heterocycles. The van der Waals surface area contributed by atoms with Gasteiger partial charge in [0.25, 0.3) is 0 Å². The highest BCUT2D eigenvalue weighted by atomic mass is 19.1. The van der Waals surface area contributed by atoms with Crippen molar-refractivity contribution in [3.63, 3.8) is 0 Å². The second-order valence-corrected chi connectivity index (χ2v) is 5.41. The van der Waals surface area contributed by atoms with Crippen LogP contribution in [0.3, 0.4) is 0 Å². The fourth-order valence-electron chi connectivity index (χ4n) is 2.63. The van der Waals surface area contributed by atoms with Gasteiger partial charge < -0.3 is 15.6 Å². The standard InChI is InChI=1S/C14H19FN2O3/c1-14(2)17(13(18)19)9(8-20-14)6-7-10-11(15)4-3-5-12(10)16/h3-5,9H,6-8,16H2,1-2H3,(H,18,19). The molecule has 1 fully saturated rings. The van der Waals surface area contributed by atoms with Gasteiger partial charge in [-0.3, -0.25) is 4.90 Å². The Morgan fingerprint density at radius 1 is 1.60 bits per heavy atom. The molecule has 0 saturated carbocycles. The molecule has 1 amide bonds. The number of ether oxygens (including phenoxy) is 1. The largest absolute Gasteiger partial charge is 0.465 e. The summed E-state index contributed by atoms with van der Waals surface area (Å²) < 4.78 is 19.2. The zero-order valence-corrected chi connectivity index (χ0v) is 11.6. The Balaban J connectivity index is 2.09. The molecule has 0 spiro atoms. The number of amides is 1. The van der Waals surface area contributed by atoms with Gasteiger partial charge in [0.2, 0.25) is 0 Å². The van der Waals surface area contributed by atoms with Gasteiger partial charge in [-0.15, -0.1) is 0 Å². The van der Waals surface area contributed by atoms with Crippen LogP contribution in [0, 0.1) is 5.82 Å². The molecule has 0 radical (unpaired) electrons. The number of carbonyl (C=O) groups is 1. The highest BCUT2D eigenvalue weighted by Crippen LogP contribution is 2.30.